The number of hydrogen-bond donors (Lipinski definition) is 1. The van der Waals surface area contributed by atoms with Crippen LogP contribution in [0.2, 0.25) is 0 Å². The van der Waals surface area contributed by atoms with E-state index < -0.39 is 0 Å². The molecular formula is C6H9NO2. The second-order valence-electron chi connectivity index (χ2n) is 2.24. The Labute approximate surface area is 53.3 Å². The van der Waals surface area contributed by atoms with Gasteiger partial charge >= 0.3 is 5.95 Å². The van der Waals surface area contributed by atoms with Gasteiger partial charge in [0.25, 0.3) is 0 Å². The van der Waals surface area contributed by atoms with E-state index in [-0.39, 0.29) is 5.95 Å². The van der Waals surface area contributed by atoms with E-state index in [1.807, 2.05) is 13.8 Å². The lowest BCUT2D eigenvalue weighted by atomic mass is 10.1. The van der Waals surface area contributed by atoms with Gasteiger partial charge in [0.2, 0.25) is 0 Å². The molecule has 3 nitrogen and oxygen atoms in total. The van der Waals surface area contributed by atoms with Crippen LogP contribution >= 0.6 is 0 Å². The smallest absolute Gasteiger partial charge is 0.308 e. The Balaban J connectivity index is 2.85. The van der Waals surface area contributed by atoms with Gasteiger partial charge in [-0.2, -0.15) is 0 Å². The molecule has 1 aromatic rings. The van der Waals surface area contributed by atoms with E-state index in [0.29, 0.717) is 5.92 Å². The van der Waals surface area contributed by atoms with Crippen molar-refractivity contribution >= 4 is 0 Å². The summed E-state index contributed by atoms with van der Waals surface area (Å²) in [5, 5.41) is 12.3. The molecule has 0 aromatic carbocycles. The maximum atomic E-state index is 8.67. The Hall–Kier alpha value is -0.990. The van der Waals surface area contributed by atoms with Crippen molar-refractivity contribution in [3.8, 4) is 5.95 Å². The number of rotatable bonds is 1. The highest BCUT2D eigenvalue weighted by Gasteiger charge is 2.04. The van der Waals surface area contributed by atoms with Gasteiger partial charge in [-0.3, -0.25) is 0 Å². The van der Waals surface area contributed by atoms with Crippen molar-refractivity contribution in [2.45, 2.75) is 19.8 Å². The molecule has 0 atom stereocenters. The minimum absolute atomic E-state index is 0.112. The Morgan fingerprint density at radius 2 is 2.33 bits per heavy atom. The molecule has 0 aliphatic rings. The fourth-order valence-electron chi connectivity index (χ4n) is 0.551. The SMILES string of the molecule is CC(C)c1cc(O)on1. The van der Waals surface area contributed by atoms with E-state index in [2.05, 4.69) is 9.68 Å². The number of nitrogens with zero attached hydrogens (tertiary/aromatic N) is 1. The van der Waals surface area contributed by atoms with Crippen molar-refractivity contribution < 1.29 is 9.63 Å². The largest absolute Gasteiger partial charge is 0.479 e. The molecular weight excluding hydrogens is 118 g/mol. The van der Waals surface area contributed by atoms with E-state index in [4.69, 9.17) is 5.11 Å². The maximum Gasteiger partial charge on any atom is 0.308 e. The van der Waals surface area contributed by atoms with E-state index in [1.165, 1.54) is 6.07 Å². The molecule has 1 N–H and O–H groups in total. The molecule has 0 saturated heterocycles. The minimum Gasteiger partial charge on any atom is -0.479 e. The first kappa shape index (κ1) is 6.13. The zero-order valence-electron chi connectivity index (χ0n) is 5.46. The maximum absolute atomic E-state index is 8.67. The van der Waals surface area contributed by atoms with E-state index in [1.54, 1.807) is 0 Å². The fourth-order valence-corrected chi connectivity index (χ4v) is 0.551. The lowest BCUT2D eigenvalue weighted by Gasteiger charge is -1.92. The van der Waals surface area contributed by atoms with E-state index >= 15 is 0 Å². The lowest BCUT2D eigenvalue weighted by molar-refractivity contribution is 0.275. The second kappa shape index (κ2) is 2.09. The van der Waals surface area contributed by atoms with Crippen LogP contribution in [0.15, 0.2) is 10.6 Å². The summed E-state index contributed by atoms with van der Waals surface area (Å²) in [4.78, 5) is 0. The van der Waals surface area contributed by atoms with Crippen LogP contribution in [0.1, 0.15) is 25.5 Å². The predicted octanol–water partition coefficient (Wildman–Crippen LogP) is 1.50. The van der Waals surface area contributed by atoms with Crippen LogP contribution < -0.4 is 0 Å². The van der Waals surface area contributed by atoms with Gasteiger partial charge < -0.3 is 9.63 Å². The Kier molecular flexibility index (Phi) is 1.42. The Bertz CT molecular complexity index is 193. The van der Waals surface area contributed by atoms with Crippen LogP contribution in [-0.4, -0.2) is 10.3 Å². The second-order valence-corrected chi connectivity index (χ2v) is 2.24. The highest BCUT2D eigenvalue weighted by atomic mass is 16.5. The van der Waals surface area contributed by atoms with Crippen molar-refractivity contribution in [2.24, 2.45) is 0 Å². The van der Waals surface area contributed by atoms with Crippen molar-refractivity contribution in [2.75, 3.05) is 0 Å². The van der Waals surface area contributed by atoms with Crippen molar-refractivity contribution in [3.63, 3.8) is 0 Å². The Morgan fingerprint density at radius 1 is 1.67 bits per heavy atom. The van der Waals surface area contributed by atoms with Gasteiger partial charge in [0.15, 0.2) is 0 Å². The topological polar surface area (TPSA) is 46.3 Å². The molecule has 9 heavy (non-hydrogen) atoms. The van der Waals surface area contributed by atoms with Crippen LogP contribution in [0.3, 0.4) is 0 Å². The monoisotopic (exact) mass is 127 g/mol. The lowest BCUT2D eigenvalue weighted by Crippen LogP contribution is -1.83. The summed E-state index contributed by atoms with van der Waals surface area (Å²) in [6, 6.07) is 1.52. The molecule has 50 valence electrons. The van der Waals surface area contributed by atoms with Gasteiger partial charge in [-0.1, -0.05) is 19.0 Å². The molecule has 3 heteroatoms. The predicted molar refractivity (Wildman–Crippen MR) is 32.3 cm³/mol. The molecule has 0 saturated carbocycles. The van der Waals surface area contributed by atoms with Gasteiger partial charge in [-0.15, -0.1) is 0 Å². The van der Waals surface area contributed by atoms with E-state index in [9.17, 15) is 0 Å². The van der Waals surface area contributed by atoms with Crippen LogP contribution in [0.25, 0.3) is 0 Å². The molecule has 0 fully saturated rings. The summed E-state index contributed by atoms with van der Waals surface area (Å²) in [6.45, 7) is 3.97. The zero-order chi connectivity index (χ0) is 6.85. The highest BCUT2D eigenvalue weighted by molar-refractivity contribution is 5.11. The van der Waals surface area contributed by atoms with Gasteiger partial charge in [0, 0.05) is 6.07 Å². The van der Waals surface area contributed by atoms with Gasteiger partial charge in [0.1, 0.15) is 0 Å². The minimum atomic E-state index is -0.112. The summed E-state index contributed by atoms with van der Waals surface area (Å²) < 4.78 is 4.43. The van der Waals surface area contributed by atoms with Crippen LogP contribution in [-0.2, 0) is 0 Å². The zero-order valence-corrected chi connectivity index (χ0v) is 5.46. The average Bonchev–Trinajstić information content (AvgIpc) is 2.14. The fraction of sp³-hybridized carbons (Fsp3) is 0.500. The number of hydrogen-bond acceptors (Lipinski definition) is 3. The quantitative estimate of drug-likeness (QED) is 0.621. The standard InChI is InChI=1S/C6H9NO2/c1-4(2)5-3-6(8)9-7-5/h3-4,8H,1-2H3. The highest BCUT2D eigenvalue weighted by Crippen LogP contribution is 2.17. The average molecular weight is 127 g/mol. The first-order valence-electron chi connectivity index (χ1n) is 2.85. The third kappa shape index (κ3) is 1.22. The van der Waals surface area contributed by atoms with Crippen molar-refractivity contribution in [3.05, 3.63) is 11.8 Å². The summed E-state index contributed by atoms with van der Waals surface area (Å²) in [6.07, 6.45) is 0. The van der Waals surface area contributed by atoms with Crippen molar-refractivity contribution in [1.29, 1.82) is 0 Å². The van der Waals surface area contributed by atoms with Gasteiger partial charge in [0.05, 0.1) is 5.69 Å². The summed E-state index contributed by atoms with van der Waals surface area (Å²) in [5.41, 5.74) is 0.785. The first-order valence-corrected chi connectivity index (χ1v) is 2.85. The summed E-state index contributed by atoms with van der Waals surface area (Å²) in [7, 11) is 0. The van der Waals surface area contributed by atoms with Crippen LogP contribution in [0.5, 0.6) is 5.95 Å². The Morgan fingerprint density at radius 3 is 2.56 bits per heavy atom. The molecule has 0 amide bonds. The third-order valence-electron chi connectivity index (χ3n) is 1.11. The molecule has 0 spiro atoms. The normalized spacial score (nSPS) is 10.6. The van der Waals surface area contributed by atoms with Crippen LogP contribution in [0, 0.1) is 0 Å². The molecule has 0 radical (unpaired) electrons. The molecule has 1 aromatic heterocycles. The number of aromatic hydroxyl groups is 1. The number of aromatic nitrogens is 1. The molecule has 1 heterocycles. The van der Waals surface area contributed by atoms with Crippen LogP contribution in [0.4, 0.5) is 0 Å². The molecule has 0 aliphatic heterocycles. The molecule has 1 rings (SSSR count). The van der Waals surface area contributed by atoms with Crippen molar-refractivity contribution in [1.82, 2.24) is 5.16 Å². The first-order chi connectivity index (χ1) is 4.20. The van der Waals surface area contributed by atoms with E-state index in [0.717, 1.165) is 5.69 Å². The molecule has 0 unspecified atom stereocenters. The summed E-state index contributed by atoms with van der Waals surface area (Å²) >= 11 is 0. The summed E-state index contributed by atoms with van der Waals surface area (Å²) in [5.74, 6) is 0.202. The van der Waals surface area contributed by atoms with Gasteiger partial charge in [-0.05, 0) is 5.92 Å². The molecule has 0 aliphatic carbocycles. The third-order valence-corrected chi connectivity index (χ3v) is 1.11. The van der Waals surface area contributed by atoms with Gasteiger partial charge in [-0.25, -0.2) is 0 Å². The molecule has 0 bridgehead atoms.